The third-order valence-corrected chi connectivity index (χ3v) is 4.67. The smallest absolute Gasteiger partial charge is 0.258 e. The molecule has 0 heterocycles. The first-order valence-corrected chi connectivity index (χ1v) is 8.68. The number of nitrogens with one attached hydrogen (secondary N) is 1. The topological polar surface area (TPSA) is 64.6 Å². The van der Waals surface area contributed by atoms with Crippen molar-refractivity contribution in [2.75, 3.05) is 13.7 Å². The highest BCUT2D eigenvalue weighted by Gasteiger charge is 2.31. The molecule has 1 aliphatic carbocycles. The molecule has 0 saturated carbocycles. The normalized spacial score (nSPS) is 15.5. The van der Waals surface area contributed by atoms with Crippen LogP contribution in [0.5, 0.6) is 11.5 Å². The van der Waals surface area contributed by atoms with Crippen molar-refractivity contribution in [1.29, 1.82) is 0 Å². The summed E-state index contributed by atoms with van der Waals surface area (Å²) in [6.07, 6.45) is 0.499. The molecule has 2 aromatic carbocycles. The minimum absolute atomic E-state index is 0.0861. The second kappa shape index (κ2) is 7.60. The Morgan fingerprint density at radius 1 is 1.27 bits per heavy atom. The zero-order valence-corrected chi connectivity index (χ0v) is 15.3. The first kappa shape index (κ1) is 18.0. The predicted molar refractivity (Wildman–Crippen MR) is 98.9 cm³/mol. The highest BCUT2D eigenvalue weighted by atomic mass is 16.5. The van der Waals surface area contributed by atoms with Crippen LogP contribution in [0.1, 0.15) is 46.3 Å². The number of ketones is 1. The number of carbonyl (C=O) groups excluding carboxylic acids is 2. The van der Waals surface area contributed by atoms with Crippen LogP contribution in [0.4, 0.5) is 0 Å². The Morgan fingerprint density at radius 2 is 2.08 bits per heavy atom. The average Bonchev–Trinajstić information content (AvgIpc) is 2.95. The van der Waals surface area contributed by atoms with Crippen molar-refractivity contribution in [1.82, 2.24) is 5.32 Å². The molecule has 0 fully saturated rings. The lowest BCUT2D eigenvalue weighted by atomic mass is 9.97. The maximum absolute atomic E-state index is 12.3. The second-order valence-electron chi connectivity index (χ2n) is 6.61. The zero-order chi connectivity index (χ0) is 18.7. The first-order valence-electron chi connectivity index (χ1n) is 8.68. The number of aryl methyl sites for hydroxylation is 1. The van der Waals surface area contributed by atoms with Crippen molar-refractivity contribution >= 4 is 11.7 Å². The minimum Gasteiger partial charge on any atom is -0.497 e. The van der Waals surface area contributed by atoms with Crippen molar-refractivity contribution in [3.05, 3.63) is 58.7 Å². The van der Waals surface area contributed by atoms with Crippen molar-refractivity contribution in [3.8, 4) is 11.5 Å². The van der Waals surface area contributed by atoms with E-state index in [0.717, 1.165) is 22.4 Å². The van der Waals surface area contributed by atoms with Gasteiger partial charge < -0.3 is 14.8 Å². The van der Waals surface area contributed by atoms with Gasteiger partial charge in [-0.3, -0.25) is 9.59 Å². The van der Waals surface area contributed by atoms with Gasteiger partial charge in [0.15, 0.2) is 12.4 Å². The van der Waals surface area contributed by atoms with Crippen LogP contribution in [0, 0.1) is 6.92 Å². The molecule has 26 heavy (non-hydrogen) atoms. The molecule has 5 nitrogen and oxygen atoms in total. The van der Waals surface area contributed by atoms with Crippen LogP contribution in [-0.2, 0) is 11.3 Å². The minimum atomic E-state index is -0.236. The molecule has 0 spiro atoms. The third kappa shape index (κ3) is 3.72. The summed E-state index contributed by atoms with van der Waals surface area (Å²) in [7, 11) is 1.60. The fraction of sp³-hybridized carbons (Fsp3) is 0.333. The van der Waals surface area contributed by atoms with Crippen LogP contribution < -0.4 is 14.8 Å². The van der Waals surface area contributed by atoms with E-state index in [1.807, 2.05) is 44.2 Å². The SMILES string of the molecule is COc1cccc(CNC(=O)COc2ccc(C)c3c2C(=O)CC3C)c1. The van der Waals surface area contributed by atoms with Crippen molar-refractivity contribution in [2.24, 2.45) is 0 Å². The van der Waals surface area contributed by atoms with E-state index in [9.17, 15) is 9.59 Å². The number of fused-ring (bicyclic) bond motifs is 1. The van der Waals surface area contributed by atoms with E-state index in [0.29, 0.717) is 24.3 Å². The Balaban J connectivity index is 1.61. The lowest BCUT2D eigenvalue weighted by Gasteiger charge is -2.13. The molecule has 0 radical (unpaired) electrons. The Labute approximate surface area is 153 Å². The Morgan fingerprint density at radius 3 is 2.85 bits per heavy atom. The van der Waals surface area contributed by atoms with E-state index >= 15 is 0 Å². The van der Waals surface area contributed by atoms with E-state index < -0.39 is 0 Å². The van der Waals surface area contributed by atoms with E-state index in [2.05, 4.69) is 5.32 Å². The quantitative estimate of drug-likeness (QED) is 0.865. The van der Waals surface area contributed by atoms with Crippen LogP contribution in [0.2, 0.25) is 0 Å². The summed E-state index contributed by atoms with van der Waals surface area (Å²) in [5, 5.41) is 2.82. The van der Waals surface area contributed by atoms with E-state index in [1.165, 1.54) is 0 Å². The lowest BCUT2D eigenvalue weighted by molar-refractivity contribution is -0.123. The van der Waals surface area contributed by atoms with Crippen molar-refractivity contribution < 1.29 is 19.1 Å². The summed E-state index contributed by atoms with van der Waals surface area (Å²) >= 11 is 0. The molecule has 1 N–H and O–H groups in total. The van der Waals surface area contributed by atoms with Gasteiger partial charge in [-0.25, -0.2) is 0 Å². The summed E-state index contributed by atoms with van der Waals surface area (Å²) < 4.78 is 10.8. The van der Waals surface area contributed by atoms with Gasteiger partial charge in [-0.2, -0.15) is 0 Å². The largest absolute Gasteiger partial charge is 0.497 e. The molecule has 0 saturated heterocycles. The second-order valence-corrected chi connectivity index (χ2v) is 6.61. The van der Waals surface area contributed by atoms with Crippen LogP contribution in [0.3, 0.4) is 0 Å². The number of amides is 1. The first-order chi connectivity index (χ1) is 12.5. The number of methoxy groups -OCH3 is 1. The fourth-order valence-corrected chi connectivity index (χ4v) is 3.41. The molecule has 1 unspecified atom stereocenters. The van der Waals surface area contributed by atoms with Gasteiger partial charge in [0.2, 0.25) is 0 Å². The van der Waals surface area contributed by atoms with Crippen molar-refractivity contribution in [3.63, 3.8) is 0 Å². The molecule has 5 heteroatoms. The molecule has 2 aromatic rings. The number of ether oxygens (including phenoxy) is 2. The van der Waals surface area contributed by atoms with Crippen LogP contribution >= 0.6 is 0 Å². The van der Waals surface area contributed by atoms with E-state index in [4.69, 9.17) is 9.47 Å². The molecule has 0 aliphatic heterocycles. The lowest BCUT2D eigenvalue weighted by Crippen LogP contribution is -2.28. The molecular formula is C21H23NO4. The highest BCUT2D eigenvalue weighted by molar-refractivity contribution is 6.04. The van der Waals surface area contributed by atoms with Gasteiger partial charge >= 0.3 is 0 Å². The Kier molecular flexibility index (Phi) is 5.26. The molecule has 1 atom stereocenters. The van der Waals surface area contributed by atoms with Gasteiger partial charge in [-0.05, 0) is 47.7 Å². The number of rotatable bonds is 6. The third-order valence-electron chi connectivity index (χ3n) is 4.67. The summed E-state index contributed by atoms with van der Waals surface area (Å²) in [5.74, 6) is 1.29. The summed E-state index contributed by atoms with van der Waals surface area (Å²) in [4.78, 5) is 24.4. The van der Waals surface area contributed by atoms with Gasteiger partial charge in [-0.15, -0.1) is 0 Å². The van der Waals surface area contributed by atoms with Crippen molar-refractivity contribution in [2.45, 2.75) is 32.7 Å². The van der Waals surface area contributed by atoms with E-state index in [-0.39, 0.29) is 24.2 Å². The number of hydrogen-bond acceptors (Lipinski definition) is 4. The van der Waals surface area contributed by atoms with Gasteiger partial charge in [0.1, 0.15) is 11.5 Å². The van der Waals surface area contributed by atoms with Gasteiger partial charge in [0, 0.05) is 13.0 Å². The summed E-state index contributed by atoms with van der Waals surface area (Å²) in [6, 6.07) is 11.2. The highest BCUT2D eigenvalue weighted by Crippen LogP contribution is 2.40. The molecule has 1 amide bonds. The Hall–Kier alpha value is -2.82. The standard InChI is InChI=1S/C21H23NO4/c1-13-7-8-18(21-17(23)9-14(2)20(13)21)26-12-19(24)22-11-15-5-4-6-16(10-15)25-3/h4-8,10,14H,9,11-12H2,1-3H3,(H,22,24). The molecule has 3 rings (SSSR count). The fourth-order valence-electron chi connectivity index (χ4n) is 3.41. The van der Waals surface area contributed by atoms with Gasteiger partial charge in [0.05, 0.1) is 12.7 Å². The predicted octanol–water partition coefficient (Wildman–Crippen LogP) is 3.39. The molecule has 1 aliphatic rings. The monoisotopic (exact) mass is 353 g/mol. The summed E-state index contributed by atoms with van der Waals surface area (Å²) in [6.45, 7) is 4.31. The Bertz CT molecular complexity index is 844. The molecule has 0 aromatic heterocycles. The molecule has 0 bridgehead atoms. The number of benzene rings is 2. The van der Waals surface area contributed by atoms with Crippen LogP contribution in [-0.4, -0.2) is 25.4 Å². The van der Waals surface area contributed by atoms with Crippen LogP contribution in [0.25, 0.3) is 0 Å². The summed E-state index contributed by atoms with van der Waals surface area (Å²) in [5.41, 5.74) is 3.72. The van der Waals surface area contributed by atoms with E-state index in [1.54, 1.807) is 13.2 Å². The maximum atomic E-state index is 12.3. The molecular weight excluding hydrogens is 330 g/mol. The zero-order valence-electron chi connectivity index (χ0n) is 15.3. The maximum Gasteiger partial charge on any atom is 0.258 e. The average molecular weight is 353 g/mol. The number of hydrogen-bond donors (Lipinski definition) is 1. The molecule has 136 valence electrons. The van der Waals surface area contributed by atoms with Crippen LogP contribution in [0.15, 0.2) is 36.4 Å². The number of carbonyl (C=O) groups is 2. The van der Waals surface area contributed by atoms with Gasteiger partial charge in [-0.1, -0.05) is 25.1 Å². The van der Waals surface area contributed by atoms with Gasteiger partial charge in [0.25, 0.3) is 5.91 Å². The number of Topliss-reactive ketones (excluding diaryl/α,β-unsaturated/α-hetero) is 1.